The summed E-state index contributed by atoms with van der Waals surface area (Å²) >= 11 is 1.63. The standard InChI is InChI=1S/C24H28N4O5S/c1-12-10-17(15(4)34-12)19-11-18(20-13(2)28-33-22(20)26-19)23(30)32-14(3)21(29)27-24(31)25-16-8-6-5-7-9-16/h10-11,14,16H,5-9H2,1-4H3,(H2,25,27,29,31). The van der Waals surface area contributed by atoms with Gasteiger partial charge >= 0.3 is 12.0 Å². The maximum Gasteiger partial charge on any atom is 0.339 e. The van der Waals surface area contributed by atoms with Crippen LogP contribution in [0.3, 0.4) is 0 Å². The van der Waals surface area contributed by atoms with Crippen LogP contribution < -0.4 is 10.6 Å². The molecule has 1 aliphatic rings. The van der Waals surface area contributed by atoms with Crippen LogP contribution in [0.4, 0.5) is 4.79 Å². The number of rotatable bonds is 5. The van der Waals surface area contributed by atoms with E-state index in [2.05, 4.69) is 20.8 Å². The number of nitrogens with one attached hydrogen (secondary N) is 2. The van der Waals surface area contributed by atoms with Crippen molar-refractivity contribution in [2.75, 3.05) is 0 Å². The number of imide groups is 1. The lowest BCUT2D eigenvalue weighted by Crippen LogP contribution is -2.48. The molecular weight excluding hydrogens is 456 g/mol. The average Bonchev–Trinajstić information content (AvgIpc) is 3.34. The number of nitrogens with zero attached hydrogens (tertiary/aromatic N) is 2. The van der Waals surface area contributed by atoms with E-state index in [9.17, 15) is 14.4 Å². The predicted octanol–water partition coefficient (Wildman–Crippen LogP) is 4.58. The maximum absolute atomic E-state index is 13.1. The number of hydrogen-bond acceptors (Lipinski definition) is 8. The molecule has 3 aromatic heterocycles. The molecular formula is C24H28N4O5S. The Labute approximate surface area is 201 Å². The fourth-order valence-electron chi connectivity index (χ4n) is 4.24. The summed E-state index contributed by atoms with van der Waals surface area (Å²) in [6, 6.07) is 3.10. The van der Waals surface area contributed by atoms with Crippen LogP contribution in [-0.2, 0) is 9.53 Å². The van der Waals surface area contributed by atoms with E-state index in [1.165, 1.54) is 6.92 Å². The second-order valence-electron chi connectivity index (χ2n) is 8.68. The Balaban J connectivity index is 1.50. The Morgan fingerprint density at radius 2 is 1.88 bits per heavy atom. The predicted molar refractivity (Wildman–Crippen MR) is 128 cm³/mol. The molecule has 3 aromatic rings. The lowest BCUT2D eigenvalue weighted by atomic mass is 9.96. The zero-order valence-corrected chi connectivity index (χ0v) is 20.5. The summed E-state index contributed by atoms with van der Waals surface area (Å²) in [5.41, 5.74) is 2.35. The number of thiophene rings is 1. The van der Waals surface area contributed by atoms with E-state index in [1.54, 1.807) is 24.3 Å². The van der Waals surface area contributed by atoms with Crippen molar-refractivity contribution >= 4 is 40.3 Å². The fraction of sp³-hybridized carbons (Fsp3) is 0.458. The van der Waals surface area contributed by atoms with Gasteiger partial charge in [0.25, 0.3) is 11.6 Å². The number of aryl methyl sites for hydroxylation is 3. The number of pyridine rings is 1. The molecule has 1 fully saturated rings. The van der Waals surface area contributed by atoms with Gasteiger partial charge in [-0.15, -0.1) is 11.3 Å². The molecule has 2 N–H and O–H groups in total. The Morgan fingerprint density at radius 1 is 1.15 bits per heavy atom. The summed E-state index contributed by atoms with van der Waals surface area (Å²) in [7, 11) is 0. The number of esters is 1. The second-order valence-corrected chi connectivity index (χ2v) is 10.1. The van der Waals surface area contributed by atoms with Crippen molar-refractivity contribution in [3.63, 3.8) is 0 Å². The van der Waals surface area contributed by atoms with Gasteiger partial charge in [-0.25, -0.2) is 14.6 Å². The number of carbonyl (C=O) groups excluding carboxylic acids is 3. The van der Waals surface area contributed by atoms with Crippen LogP contribution in [-0.4, -0.2) is 40.2 Å². The Bertz CT molecular complexity index is 1240. The third-order valence-corrected chi connectivity index (χ3v) is 6.95. The first kappa shape index (κ1) is 23.9. The van der Waals surface area contributed by atoms with Crippen LogP contribution >= 0.6 is 11.3 Å². The van der Waals surface area contributed by atoms with Crippen LogP contribution in [0.1, 0.15) is 64.8 Å². The molecule has 0 spiro atoms. The summed E-state index contributed by atoms with van der Waals surface area (Å²) < 4.78 is 10.8. The van der Waals surface area contributed by atoms with E-state index in [1.807, 2.05) is 19.9 Å². The van der Waals surface area contributed by atoms with Gasteiger partial charge in [0.15, 0.2) is 6.10 Å². The highest BCUT2D eigenvalue weighted by Gasteiger charge is 2.26. The van der Waals surface area contributed by atoms with Gasteiger partial charge in [0, 0.05) is 21.4 Å². The number of carbonyl (C=O) groups is 3. The monoisotopic (exact) mass is 484 g/mol. The maximum atomic E-state index is 13.1. The molecule has 0 aromatic carbocycles. The minimum Gasteiger partial charge on any atom is -0.449 e. The summed E-state index contributed by atoms with van der Waals surface area (Å²) in [5, 5.41) is 9.45. The highest BCUT2D eigenvalue weighted by atomic mass is 32.1. The third-order valence-electron chi connectivity index (χ3n) is 5.98. The molecule has 34 heavy (non-hydrogen) atoms. The van der Waals surface area contributed by atoms with Crippen molar-refractivity contribution in [3.05, 3.63) is 33.1 Å². The largest absolute Gasteiger partial charge is 0.449 e. The molecule has 0 bridgehead atoms. The first-order valence-corrected chi connectivity index (χ1v) is 12.2. The van der Waals surface area contributed by atoms with Crippen LogP contribution in [0.15, 0.2) is 16.7 Å². The van der Waals surface area contributed by atoms with Gasteiger partial charge in [0.2, 0.25) is 0 Å². The van der Waals surface area contributed by atoms with E-state index >= 15 is 0 Å². The first-order chi connectivity index (χ1) is 16.2. The lowest BCUT2D eigenvalue weighted by molar-refractivity contribution is -0.127. The van der Waals surface area contributed by atoms with E-state index in [-0.39, 0.29) is 17.3 Å². The Hall–Kier alpha value is -3.27. The van der Waals surface area contributed by atoms with Gasteiger partial charge < -0.3 is 14.6 Å². The average molecular weight is 485 g/mol. The van der Waals surface area contributed by atoms with Crippen molar-refractivity contribution in [2.45, 2.75) is 71.9 Å². The molecule has 4 rings (SSSR count). The number of hydrogen-bond donors (Lipinski definition) is 2. The third kappa shape index (κ3) is 5.11. The van der Waals surface area contributed by atoms with Crippen molar-refractivity contribution in [1.29, 1.82) is 0 Å². The Morgan fingerprint density at radius 3 is 2.56 bits per heavy atom. The van der Waals surface area contributed by atoms with Crippen molar-refractivity contribution in [1.82, 2.24) is 20.8 Å². The van der Waals surface area contributed by atoms with Gasteiger partial charge in [-0.2, -0.15) is 0 Å². The number of ether oxygens (including phenoxy) is 1. The smallest absolute Gasteiger partial charge is 0.339 e. The number of amides is 3. The zero-order valence-electron chi connectivity index (χ0n) is 19.7. The van der Waals surface area contributed by atoms with Crippen molar-refractivity contribution in [3.8, 4) is 11.3 Å². The van der Waals surface area contributed by atoms with Crippen LogP contribution in [0, 0.1) is 20.8 Å². The molecule has 9 nitrogen and oxygen atoms in total. The lowest BCUT2D eigenvalue weighted by Gasteiger charge is -2.23. The van der Waals surface area contributed by atoms with Gasteiger partial charge in [-0.3, -0.25) is 10.1 Å². The van der Waals surface area contributed by atoms with Crippen molar-refractivity contribution < 1.29 is 23.6 Å². The minimum absolute atomic E-state index is 0.0590. The number of aromatic nitrogens is 2. The SMILES string of the molecule is Cc1cc(-c2cc(C(=O)OC(C)C(=O)NC(=O)NC3CCCCC3)c3c(C)noc3n2)c(C)s1. The summed E-state index contributed by atoms with van der Waals surface area (Å²) in [6.07, 6.45) is 3.89. The van der Waals surface area contributed by atoms with E-state index in [0.29, 0.717) is 16.8 Å². The molecule has 3 amide bonds. The number of fused-ring (bicyclic) bond motifs is 1. The molecule has 0 aliphatic heterocycles. The van der Waals surface area contributed by atoms with Crippen LogP contribution in [0.5, 0.6) is 0 Å². The summed E-state index contributed by atoms with van der Waals surface area (Å²) in [6.45, 7) is 7.11. The number of urea groups is 1. The topological polar surface area (TPSA) is 123 Å². The van der Waals surface area contributed by atoms with Crippen LogP contribution in [0.2, 0.25) is 0 Å². The van der Waals surface area contributed by atoms with E-state index in [4.69, 9.17) is 9.26 Å². The molecule has 10 heteroatoms. The summed E-state index contributed by atoms with van der Waals surface area (Å²) in [5.74, 6) is -1.42. The minimum atomic E-state index is -1.18. The van der Waals surface area contributed by atoms with E-state index < -0.39 is 24.0 Å². The second kappa shape index (κ2) is 9.92. The molecule has 3 heterocycles. The normalized spacial score (nSPS) is 15.2. The highest BCUT2D eigenvalue weighted by Crippen LogP contribution is 2.33. The molecule has 0 radical (unpaired) electrons. The summed E-state index contributed by atoms with van der Waals surface area (Å²) in [4.78, 5) is 44.5. The molecule has 1 atom stereocenters. The van der Waals surface area contributed by atoms with Crippen molar-refractivity contribution in [2.24, 2.45) is 0 Å². The van der Waals surface area contributed by atoms with Gasteiger partial charge in [-0.1, -0.05) is 24.4 Å². The van der Waals surface area contributed by atoms with Gasteiger partial charge in [0.05, 0.1) is 22.3 Å². The highest BCUT2D eigenvalue weighted by molar-refractivity contribution is 7.12. The molecule has 0 saturated heterocycles. The molecule has 1 unspecified atom stereocenters. The van der Waals surface area contributed by atoms with Gasteiger partial charge in [0.1, 0.15) is 0 Å². The molecule has 1 aliphatic carbocycles. The molecule has 180 valence electrons. The Kier molecular flexibility index (Phi) is 6.97. The zero-order chi connectivity index (χ0) is 24.4. The fourth-order valence-corrected chi connectivity index (χ4v) is 5.17. The van der Waals surface area contributed by atoms with Gasteiger partial charge in [-0.05, 0) is 52.7 Å². The first-order valence-electron chi connectivity index (χ1n) is 11.4. The molecule has 1 saturated carbocycles. The van der Waals surface area contributed by atoms with Crippen LogP contribution in [0.25, 0.3) is 22.4 Å². The van der Waals surface area contributed by atoms with E-state index in [0.717, 1.165) is 47.4 Å². The quantitative estimate of drug-likeness (QED) is 0.508.